The molecule has 0 heterocycles. The minimum absolute atomic E-state index is 0.0709. The summed E-state index contributed by atoms with van der Waals surface area (Å²) >= 11 is 0. The summed E-state index contributed by atoms with van der Waals surface area (Å²) in [5, 5.41) is 2.82. The highest BCUT2D eigenvalue weighted by Crippen LogP contribution is 2.18. The number of rotatable bonds is 7. The second-order valence-corrected chi connectivity index (χ2v) is 5.65. The Morgan fingerprint density at radius 3 is 2.52 bits per heavy atom. The van der Waals surface area contributed by atoms with Crippen molar-refractivity contribution in [1.29, 1.82) is 0 Å². The van der Waals surface area contributed by atoms with Gasteiger partial charge in [-0.05, 0) is 30.5 Å². The molecule has 0 unspecified atom stereocenters. The normalized spacial score (nSPS) is 10.9. The van der Waals surface area contributed by atoms with Crippen molar-refractivity contribution in [2.75, 3.05) is 30.7 Å². The van der Waals surface area contributed by atoms with Gasteiger partial charge in [-0.2, -0.15) is 0 Å². The first-order valence-electron chi connectivity index (χ1n) is 6.94. The number of nitrogens with zero attached hydrogens (tertiary/aromatic N) is 1. The Labute approximate surface area is 125 Å². The second kappa shape index (κ2) is 7.64. The first-order valence-corrected chi connectivity index (χ1v) is 6.94. The summed E-state index contributed by atoms with van der Waals surface area (Å²) in [4.78, 5) is 24.9. The molecule has 0 saturated carbocycles. The maximum absolute atomic E-state index is 12.1. The lowest BCUT2D eigenvalue weighted by atomic mass is 10.2. The molecule has 2 amide bonds. The number of nitrogen functional groups attached to an aromatic ring is 1. The Morgan fingerprint density at radius 1 is 1.29 bits per heavy atom. The van der Waals surface area contributed by atoms with Crippen molar-refractivity contribution in [2.24, 2.45) is 11.7 Å². The van der Waals surface area contributed by atoms with Crippen molar-refractivity contribution < 1.29 is 9.59 Å². The van der Waals surface area contributed by atoms with Crippen molar-refractivity contribution in [3.63, 3.8) is 0 Å². The molecule has 1 rings (SSSR count). The molecular weight excluding hydrogens is 268 g/mol. The number of nitrogens with one attached hydrogen (secondary N) is 1. The van der Waals surface area contributed by atoms with Gasteiger partial charge in [0, 0.05) is 17.9 Å². The predicted molar refractivity (Wildman–Crippen MR) is 84.7 cm³/mol. The van der Waals surface area contributed by atoms with Gasteiger partial charge in [-0.15, -0.1) is 0 Å². The van der Waals surface area contributed by atoms with E-state index in [1.807, 2.05) is 26.8 Å². The molecule has 21 heavy (non-hydrogen) atoms. The van der Waals surface area contributed by atoms with Gasteiger partial charge < -0.3 is 16.8 Å². The monoisotopic (exact) mass is 292 g/mol. The van der Waals surface area contributed by atoms with E-state index in [4.69, 9.17) is 11.5 Å². The summed E-state index contributed by atoms with van der Waals surface area (Å²) in [6.45, 7) is 6.76. The number of amides is 2. The van der Waals surface area contributed by atoms with Gasteiger partial charge in [-0.25, -0.2) is 0 Å². The van der Waals surface area contributed by atoms with Crippen LogP contribution in [0.1, 0.15) is 19.4 Å². The summed E-state index contributed by atoms with van der Waals surface area (Å²) in [5.41, 5.74) is 13.1. The Kier molecular flexibility index (Phi) is 6.17. The van der Waals surface area contributed by atoms with Gasteiger partial charge in [0.1, 0.15) is 0 Å². The topological polar surface area (TPSA) is 101 Å². The third-order valence-corrected chi connectivity index (χ3v) is 2.91. The molecule has 6 nitrogen and oxygen atoms in total. The Bertz CT molecular complexity index is 514. The van der Waals surface area contributed by atoms with Crippen LogP contribution in [0.5, 0.6) is 0 Å². The van der Waals surface area contributed by atoms with E-state index in [1.54, 1.807) is 17.0 Å². The summed E-state index contributed by atoms with van der Waals surface area (Å²) in [6, 6.07) is 5.34. The first kappa shape index (κ1) is 17.0. The third-order valence-electron chi connectivity index (χ3n) is 2.91. The lowest BCUT2D eigenvalue weighted by Gasteiger charge is -2.22. The predicted octanol–water partition coefficient (Wildman–Crippen LogP) is 0.959. The van der Waals surface area contributed by atoms with Crippen molar-refractivity contribution in [3.8, 4) is 0 Å². The molecule has 1 aromatic rings. The Morgan fingerprint density at radius 2 is 1.95 bits per heavy atom. The molecule has 5 N–H and O–H groups in total. The van der Waals surface area contributed by atoms with Gasteiger partial charge in [-0.1, -0.05) is 19.9 Å². The van der Waals surface area contributed by atoms with Crippen LogP contribution in [0.4, 0.5) is 11.4 Å². The summed E-state index contributed by atoms with van der Waals surface area (Å²) in [7, 11) is 0. The van der Waals surface area contributed by atoms with Crippen LogP contribution in [0.3, 0.4) is 0 Å². The van der Waals surface area contributed by atoms with Crippen molar-refractivity contribution in [3.05, 3.63) is 23.8 Å². The van der Waals surface area contributed by atoms with Gasteiger partial charge in [0.25, 0.3) is 0 Å². The van der Waals surface area contributed by atoms with Crippen LogP contribution < -0.4 is 16.8 Å². The molecule has 1 aromatic carbocycles. The molecule has 0 aromatic heterocycles. The van der Waals surface area contributed by atoms with E-state index >= 15 is 0 Å². The maximum Gasteiger partial charge on any atom is 0.238 e. The number of hydrogen-bond donors (Lipinski definition) is 3. The van der Waals surface area contributed by atoms with Crippen LogP contribution in [0.15, 0.2) is 18.2 Å². The average Bonchev–Trinajstić information content (AvgIpc) is 2.31. The van der Waals surface area contributed by atoms with Gasteiger partial charge in [0.2, 0.25) is 11.8 Å². The van der Waals surface area contributed by atoms with Crippen LogP contribution in [0.2, 0.25) is 0 Å². The van der Waals surface area contributed by atoms with E-state index < -0.39 is 5.91 Å². The molecule has 0 radical (unpaired) electrons. The fourth-order valence-corrected chi connectivity index (χ4v) is 2.09. The number of nitrogens with two attached hydrogens (primary N) is 2. The van der Waals surface area contributed by atoms with Gasteiger partial charge in [-0.3, -0.25) is 14.5 Å². The molecule has 0 spiro atoms. The van der Waals surface area contributed by atoms with E-state index in [9.17, 15) is 9.59 Å². The quantitative estimate of drug-likeness (QED) is 0.651. The number of carbonyl (C=O) groups is 2. The first-order chi connectivity index (χ1) is 9.77. The van der Waals surface area contributed by atoms with Crippen molar-refractivity contribution in [1.82, 2.24) is 4.90 Å². The van der Waals surface area contributed by atoms with Crippen LogP contribution in [0, 0.1) is 12.8 Å². The number of anilines is 2. The highest BCUT2D eigenvalue weighted by Gasteiger charge is 2.15. The highest BCUT2D eigenvalue weighted by atomic mass is 16.2. The molecule has 0 saturated heterocycles. The summed E-state index contributed by atoms with van der Waals surface area (Å²) in [5.74, 6) is -0.291. The van der Waals surface area contributed by atoms with Gasteiger partial charge >= 0.3 is 0 Å². The molecule has 0 fully saturated rings. The minimum atomic E-state index is -0.441. The third kappa shape index (κ3) is 6.27. The summed E-state index contributed by atoms with van der Waals surface area (Å²) < 4.78 is 0. The van der Waals surface area contributed by atoms with Gasteiger partial charge in [0.05, 0.1) is 13.1 Å². The van der Waals surface area contributed by atoms with Crippen LogP contribution in [-0.2, 0) is 9.59 Å². The van der Waals surface area contributed by atoms with E-state index in [0.29, 0.717) is 23.8 Å². The van der Waals surface area contributed by atoms with Crippen molar-refractivity contribution in [2.45, 2.75) is 20.8 Å². The Hall–Kier alpha value is -2.08. The van der Waals surface area contributed by atoms with E-state index in [1.165, 1.54) is 0 Å². The van der Waals surface area contributed by atoms with Crippen molar-refractivity contribution >= 4 is 23.2 Å². The highest BCUT2D eigenvalue weighted by molar-refractivity contribution is 5.93. The minimum Gasteiger partial charge on any atom is -0.399 e. The van der Waals surface area contributed by atoms with E-state index in [2.05, 4.69) is 5.32 Å². The molecule has 0 aliphatic carbocycles. The largest absolute Gasteiger partial charge is 0.399 e. The molecular formula is C15H24N4O2. The van der Waals surface area contributed by atoms with Gasteiger partial charge in [0.15, 0.2) is 0 Å². The average molecular weight is 292 g/mol. The zero-order valence-corrected chi connectivity index (χ0v) is 12.8. The molecule has 0 aliphatic rings. The number of primary amides is 1. The molecule has 0 aliphatic heterocycles. The SMILES string of the molecule is Cc1ccc(N)cc1NC(=O)CN(CC(N)=O)CC(C)C. The number of aryl methyl sites for hydroxylation is 1. The fourth-order valence-electron chi connectivity index (χ4n) is 2.09. The zero-order chi connectivity index (χ0) is 16.0. The molecule has 0 atom stereocenters. The molecule has 0 bridgehead atoms. The Balaban J connectivity index is 2.68. The standard InChI is InChI=1S/C15H24N4O2/c1-10(2)7-19(8-14(17)20)9-15(21)18-13-6-12(16)5-4-11(13)3/h4-6,10H,7-9,16H2,1-3H3,(H2,17,20)(H,18,21). The maximum atomic E-state index is 12.1. The van der Waals surface area contributed by atoms with Crippen LogP contribution in [-0.4, -0.2) is 36.3 Å². The number of benzene rings is 1. The van der Waals surface area contributed by atoms with Crippen LogP contribution >= 0.6 is 0 Å². The van der Waals surface area contributed by atoms with E-state index in [-0.39, 0.29) is 19.0 Å². The number of hydrogen-bond acceptors (Lipinski definition) is 4. The van der Waals surface area contributed by atoms with E-state index in [0.717, 1.165) is 5.56 Å². The lowest BCUT2D eigenvalue weighted by Crippen LogP contribution is -2.41. The fraction of sp³-hybridized carbons (Fsp3) is 0.467. The van der Waals surface area contributed by atoms with Crippen LogP contribution in [0.25, 0.3) is 0 Å². The molecule has 6 heteroatoms. The number of carbonyl (C=O) groups excluding carboxylic acids is 2. The second-order valence-electron chi connectivity index (χ2n) is 5.65. The molecule has 116 valence electrons. The zero-order valence-electron chi connectivity index (χ0n) is 12.8. The smallest absolute Gasteiger partial charge is 0.238 e. The summed E-state index contributed by atoms with van der Waals surface area (Å²) in [6.07, 6.45) is 0. The lowest BCUT2D eigenvalue weighted by molar-refractivity contribution is -0.121.